The van der Waals surface area contributed by atoms with E-state index in [1.807, 2.05) is 25.1 Å². The van der Waals surface area contributed by atoms with Crippen LogP contribution in [0.4, 0.5) is 5.69 Å². The molecule has 1 amide bonds. The van der Waals surface area contributed by atoms with Crippen molar-refractivity contribution in [3.05, 3.63) is 22.7 Å². The highest BCUT2D eigenvalue weighted by atomic mass is 79.9. The Labute approximate surface area is 133 Å². The summed E-state index contributed by atoms with van der Waals surface area (Å²) in [5.74, 6) is 0.130. The minimum absolute atomic E-state index is 0.100. The van der Waals surface area contributed by atoms with Gasteiger partial charge >= 0.3 is 0 Å². The molecule has 1 aromatic carbocycles. The summed E-state index contributed by atoms with van der Waals surface area (Å²) in [5, 5.41) is 3.07. The molecule has 1 fully saturated rings. The monoisotopic (exact) mass is 356 g/mol. The van der Waals surface area contributed by atoms with Gasteiger partial charge < -0.3 is 11.1 Å². The van der Waals surface area contributed by atoms with Crippen LogP contribution in [0.15, 0.2) is 27.6 Å². The first kappa shape index (κ1) is 15.7. The summed E-state index contributed by atoms with van der Waals surface area (Å²) in [5.41, 5.74) is 6.45. The number of hydrogen-bond acceptors (Lipinski definition) is 3. The quantitative estimate of drug-likeness (QED) is 0.634. The van der Waals surface area contributed by atoms with Crippen molar-refractivity contribution in [3.63, 3.8) is 0 Å². The van der Waals surface area contributed by atoms with Crippen LogP contribution in [-0.2, 0) is 4.79 Å². The lowest BCUT2D eigenvalue weighted by Gasteiger charge is -2.24. The van der Waals surface area contributed by atoms with Crippen LogP contribution in [0, 0.1) is 0 Å². The summed E-state index contributed by atoms with van der Waals surface area (Å²) >= 11 is 5.05. The normalized spacial score (nSPS) is 17.7. The van der Waals surface area contributed by atoms with E-state index < -0.39 is 0 Å². The SMILES string of the molecule is CC(Sc1ccc(N)cc1Br)C(=O)NC1CCCCC1. The summed E-state index contributed by atoms with van der Waals surface area (Å²) in [6.45, 7) is 1.95. The molecule has 1 aliphatic rings. The van der Waals surface area contributed by atoms with Crippen LogP contribution >= 0.6 is 27.7 Å². The van der Waals surface area contributed by atoms with Crippen molar-refractivity contribution in [1.82, 2.24) is 5.32 Å². The van der Waals surface area contributed by atoms with Gasteiger partial charge in [0.15, 0.2) is 0 Å². The molecule has 0 spiro atoms. The third-order valence-electron chi connectivity index (χ3n) is 3.58. The number of nitrogen functional groups attached to an aromatic ring is 1. The molecule has 110 valence electrons. The molecular formula is C15H21BrN2OS. The third kappa shape index (κ3) is 4.42. The lowest BCUT2D eigenvalue weighted by atomic mass is 9.95. The molecule has 0 heterocycles. The molecule has 2 rings (SSSR count). The van der Waals surface area contributed by atoms with Gasteiger partial charge in [-0.15, -0.1) is 11.8 Å². The van der Waals surface area contributed by atoms with E-state index in [2.05, 4.69) is 21.2 Å². The molecule has 0 saturated heterocycles. The first-order valence-corrected chi connectivity index (χ1v) is 8.75. The Morgan fingerprint density at radius 3 is 2.75 bits per heavy atom. The van der Waals surface area contributed by atoms with E-state index in [-0.39, 0.29) is 11.2 Å². The van der Waals surface area contributed by atoms with Crippen LogP contribution in [0.5, 0.6) is 0 Å². The Hall–Kier alpha value is -0.680. The van der Waals surface area contributed by atoms with Gasteiger partial charge in [0.25, 0.3) is 0 Å². The molecule has 5 heteroatoms. The second-order valence-corrected chi connectivity index (χ2v) is 7.53. The van der Waals surface area contributed by atoms with Gasteiger partial charge in [-0.2, -0.15) is 0 Å². The molecule has 0 aliphatic heterocycles. The van der Waals surface area contributed by atoms with Crippen molar-refractivity contribution in [1.29, 1.82) is 0 Å². The number of carbonyl (C=O) groups is 1. The van der Waals surface area contributed by atoms with Crippen LogP contribution in [0.2, 0.25) is 0 Å². The molecule has 3 nitrogen and oxygen atoms in total. The molecule has 1 aliphatic carbocycles. The van der Waals surface area contributed by atoms with E-state index in [4.69, 9.17) is 5.73 Å². The number of benzene rings is 1. The van der Waals surface area contributed by atoms with Crippen molar-refractivity contribution in [3.8, 4) is 0 Å². The van der Waals surface area contributed by atoms with E-state index in [1.165, 1.54) is 19.3 Å². The van der Waals surface area contributed by atoms with Crippen LogP contribution in [0.25, 0.3) is 0 Å². The van der Waals surface area contributed by atoms with Crippen LogP contribution < -0.4 is 11.1 Å². The van der Waals surface area contributed by atoms with E-state index >= 15 is 0 Å². The summed E-state index contributed by atoms with van der Waals surface area (Å²) < 4.78 is 0.944. The number of hydrogen-bond donors (Lipinski definition) is 2. The maximum Gasteiger partial charge on any atom is 0.233 e. The highest BCUT2D eigenvalue weighted by Gasteiger charge is 2.20. The minimum atomic E-state index is -0.100. The Morgan fingerprint density at radius 1 is 1.40 bits per heavy atom. The molecule has 0 bridgehead atoms. The van der Waals surface area contributed by atoms with Crippen LogP contribution in [0.1, 0.15) is 39.0 Å². The van der Waals surface area contributed by atoms with Gasteiger partial charge in [-0.05, 0) is 53.9 Å². The average Bonchev–Trinajstić information content (AvgIpc) is 2.43. The van der Waals surface area contributed by atoms with Crippen molar-refractivity contribution in [2.45, 2.75) is 55.2 Å². The van der Waals surface area contributed by atoms with Gasteiger partial charge in [-0.3, -0.25) is 4.79 Å². The predicted octanol–water partition coefficient (Wildman–Crippen LogP) is 3.96. The van der Waals surface area contributed by atoms with Gasteiger partial charge in [0.05, 0.1) is 5.25 Å². The van der Waals surface area contributed by atoms with Gasteiger partial charge in [0.1, 0.15) is 0 Å². The molecule has 1 aromatic rings. The van der Waals surface area contributed by atoms with Gasteiger partial charge in [-0.1, -0.05) is 19.3 Å². The average molecular weight is 357 g/mol. The second kappa shape index (κ2) is 7.36. The molecule has 0 aromatic heterocycles. The zero-order chi connectivity index (χ0) is 14.5. The summed E-state index contributed by atoms with van der Waals surface area (Å²) in [6, 6.07) is 6.05. The Morgan fingerprint density at radius 2 is 2.10 bits per heavy atom. The second-order valence-electron chi connectivity index (χ2n) is 5.29. The van der Waals surface area contributed by atoms with Gasteiger partial charge in [0, 0.05) is 21.1 Å². The zero-order valence-electron chi connectivity index (χ0n) is 11.7. The van der Waals surface area contributed by atoms with Crippen LogP contribution in [0.3, 0.4) is 0 Å². The smallest absolute Gasteiger partial charge is 0.233 e. The number of carbonyl (C=O) groups excluding carboxylic acids is 1. The number of rotatable bonds is 4. The van der Waals surface area contributed by atoms with E-state index in [0.29, 0.717) is 6.04 Å². The first-order chi connectivity index (χ1) is 9.56. The highest BCUT2D eigenvalue weighted by molar-refractivity contribution is 9.10. The van der Waals surface area contributed by atoms with Crippen molar-refractivity contribution >= 4 is 39.3 Å². The van der Waals surface area contributed by atoms with Crippen molar-refractivity contribution < 1.29 is 4.79 Å². The molecular weight excluding hydrogens is 336 g/mol. The Kier molecular flexibility index (Phi) is 5.78. The number of thioether (sulfide) groups is 1. The number of nitrogens with one attached hydrogen (secondary N) is 1. The zero-order valence-corrected chi connectivity index (χ0v) is 14.1. The number of anilines is 1. The number of nitrogens with two attached hydrogens (primary N) is 1. The summed E-state index contributed by atoms with van der Waals surface area (Å²) in [6.07, 6.45) is 6.00. The third-order valence-corrected chi connectivity index (χ3v) is 5.68. The summed E-state index contributed by atoms with van der Waals surface area (Å²) in [4.78, 5) is 13.3. The van der Waals surface area contributed by atoms with Gasteiger partial charge in [0.2, 0.25) is 5.91 Å². The molecule has 1 saturated carbocycles. The van der Waals surface area contributed by atoms with E-state index in [0.717, 1.165) is 27.9 Å². The topological polar surface area (TPSA) is 55.1 Å². The fraction of sp³-hybridized carbons (Fsp3) is 0.533. The Balaban J connectivity index is 1.89. The van der Waals surface area contributed by atoms with Crippen LogP contribution in [-0.4, -0.2) is 17.2 Å². The van der Waals surface area contributed by atoms with E-state index in [9.17, 15) is 4.79 Å². The van der Waals surface area contributed by atoms with E-state index in [1.54, 1.807) is 11.8 Å². The lowest BCUT2D eigenvalue weighted by molar-refractivity contribution is -0.121. The van der Waals surface area contributed by atoms with Gasteiger partial charge in [-0.25, -0.2) is 0 Å². The molecule has 3 N–H and O–H groups in total. The fourth-order valence-electron chi connectivity index (χ4n) is 2.42. The predicted molar refractivity (Wildman–Crippen MR) is 88.9 cm³/mol. The maximum absolute atomic E-state index is 12.2. The molecule has 1 unspecified atom stereocenters. The van der Waals surface area contributed by atoms with Crippen molar-refractivity contribution in [2.75, 3.05) is 5.73 Å². The number of halogens is 1. The molecule has 1 atom stereocenters. The maximum atomic E-state index is 12.2. The lowest BCUT2D eigenvalue weighted by Crippen LogP contribution is -2.40. The largest absolute Gasteiger partial charge is 0.399 e. The Bertz CT molecular complexity index is 475. The highest BCUT2D eigenvalue weighted by Crippen LogP contribution is 2.32. The fourth-order valence-corrected chi connectivity index (χ4v) is 3.97. The standard InChI is InChI=1S/C15H21BrN2OS/c1-10(15(19)18-12-5-3-2-4-6-12)20-14-8-7-11(17)9-13(14)16/h7-10,12H,2-6,17H2,1H3,(H,18,19). The molecule has 0 radical (unpaired) electrons. The molecule has 20 heavy (non-hydrogen) atoms. The van der Waals surface area contributed by atoms with Crippen molar-refractivity contribution in [2.24, 2.45) is 0 Å². The minimum Gasteiger partial charge on any atom is -0.399 e. The summed E-state index contributed by atoms with van der Waals surface area (Å²) in [7, 11) is 0. The number of amides is 1. The first-order valence-electron chi connectivity index (χ1n) is 7.08.